The Balaban J connectivity index is 4.62. The van der Waals surface area contributed by atoms with Gasteiger partial charge in [0.05, 0.1) is 0 Å². The summed E-state index contributed by atoms with van der Waals surface area (Å²) in [5.74, 6) is -0.584. The zero-order valence-electron chi connectivity index (χ0n) is 23.1. The van der Waals surface area contributed by atoms with Gasteiger partial charge in [-0.1, -0.05) is 6.92 Å². The fourth-order valence-electron chi connectivity index (χ4n) is 3.58. The van der Waals surface area contributed by atoms with Crippen LogP contribution in [0.2, 0.25) is 0 Å². The Labute approximate surface area is 226 Å². The molecule has 9 N–H and O–H groups in total. The fourth-order valence-corrected chi connectivity index (χ4v) is 3.58. The van der Waals surface area contributed by atoms with Crippen molar-refractivity contribution in [3.05, 3.63) is 0 Å². The molecule has 0 saturated heterocycles. The summed E-state index contributed by atoms with van der Waals surface area (Å²) in [7, 11) is 0. The summed E-state index contributed by atoms with van der Waals surface area (Å²) in [6.07, 6.45) is 3.34. The van der Waals surface area contributed by atoms with Crippen LogP contribution in [0.3, 0.4) is 0 Å². The molecule has 0 spiro atoms. The number of carbonyl (C=O) groups is 5. The normalized spacial score (nSPS) is 11.0. The highest BCUT2D eigenvalue weighted by atomic mass is 16.2. The van der Waals surface area contributed by atoms with Crippen LogP contribution in [0.4, 0.5) is 0 Å². The molecule has 0 aromatic rings. The van der Waals surface area contributed by atoms with Gasteiger partial charge in [0.1, 0.15) is 5.78 Å². The second-order valence-corrected chi connectivity index (χ2v) is 9.17. The number of nitrogens with zero attached hydrogens (tertiary/aromatic N) is 2. The minimum Gasteiger partial charge on any atom is -0.370 e. The van der Waals surface area contributed by atoms with Crippen LogP contribution in [-0.4, -0.2) is 111 Å². The summed E-state index contributed by atoms with van der Waals surface area (Å²) in [6.45, 7) is 6.76. The molecular formula is C25H50N8O5. The van der Waals surface area contributed by atoms with Crippen molar-refractivity contribution in [2.24, 2.45) is 17.2 Å². The van der Waals surface area contributed by atoms with E-state index in [1.54, 1.807) is 0 Å². The van der Waals surface area contributed by atoms with Gasteiger partial charge in [-0.05, 0) is 19.4 Å². The third-order valence-electron chi connectivity index (χ3n) is 5.80. The molecule has 0 atom stereocenters. The maximum absolute atomic E-state index is 12.4. The third kappa shape index (κ3) is 21.5. The highest BCUT2D eigenvalue weighted by Gasteiger charge is 2.13. The summed E-state index contributed by atoms with van der Waals surface area (Å²) in [5, 5.41) is 8.44. The van der Waals surface area contributed by atoms with Crippen LogP contribution < -0.4 is 33.2 Å². The zero-order valence-corrected chi connectivity index (χ0v) is 23.1. The molecular weight excluding hydrogens is 492 g/mol. The smallest absolute Gasteiger partial charge is 0.221 e. The van der Waals surface area contributed by atoms with Gasteiger partial charge < -0.3 is 43.0 Å². The lowest BCUT2D eigenvalue weighted by Gasteiger charge is -2.23. The van der Waals surface area contributed by atoms with Crippen molar-refractivity contribution in [2.45, 2.75) is 58.3 Å². The molecule has 0 rings (SSSR count). The number of rotatable bonds is 25. The molecule has 0 saturated carbocycles. The highest BCUT2D eigenvalue weighted by molar-refractivity contribution is 5.79. The lowest BCUT2D eigenvalue weighted by molar-refractivity contribution is -0.123. The Morgan fingerprint density at radius 1 is 0.579 bits per heavy atom. The van der Waals surface area contributed by atoms with Crippen LogP contribution in [-0.2, 0) is 24.0 Å². The first-order valence-corrected chi connectivity index (χ1v) is 13.7. The molecule has 0 aromatic heterocycles. The topological polar surface area (TPSA) is 206 Å². The van der Waals surface area contributed by atoms with Crippen molar-refractivity contribution in [1.82, 2.24) is 25.8 Å². The Bertz CT molecular complexity index is 683. The molecule has 0 radical (unpaired) electrons. The van der Waals surface area contributed by atoms with E-state index in [1.165, 1.54) is 0 Å². The minimum absolute atomic E-state index is 0.0254. The number of Topliss-reactive ketones (excluding diaryl/α,β-unsaturated/α-hetero) is 1. The van der Waals surface area contributed by atoms with E-state index in [1.807, 2.05) is 16.7 Å². The van der Waals surface area contributed by atoms with Gasteiger partial charge in [-0.3, -0.25) is 24.0 Å². The fraction of sp³-hybridized carbons (Fsp3) is 0.800. The van der Waals surface area contributed by atoms with E-state index in [0.29, 0.717) is 97.7 Å². The number of ketones is 1. The number of amides is 4. The van der Waals surface area contributed by atoms with Gasteiger partial charge in [0.2, 0.25) is 23.6 Å². The largest absolute Gasteiger partial charge is 0.370 e. The first-order valence-electron chi connectivity index (χ1n) is 13.7. The predicted molar refractivity (Wildman–Crippen MR) is 147 cm³/mol. The van der Waals surface area contributed by atoms with Gasteiger partial charge in [-0.2, -0.15) is 0 Å². The molecule has 0 heterocycles. The molecule has 13 nitrogen and oxygen atoms in total. The summed E-state index contributed by atoms with van der Waals surface area (Å²) in [5.41, 5.74) is 16.2. The van der Waals surface area contributed by atoms with Crippen LogP contribution in [0.25, 0.3) is 0 Å². The Kier molecular flexibility index (Phi) is 21.9. The van der Waals surface area contributed by atoms with Gasteiger partial charge >= 0.3 is 0 Å². The monoisotopic (exact) mass is 542 g/mol. The van der Waals surface area contributed by atoms with E-state index in [-0.39, 0.29) is 42.8 Å². The van der Waals surface area contributed by atoms with Crippen LogP contribution in [0.1, 0.15) is 58.3 Å². The quantitative estimate of drug-likeness (QED) is 0.0757. The van der Waals surface area contributed by atoms with Gasteiger partial charge in [0, 0.05) is 104 Å². The molecule has 4 amide bonds. The van der Waals surface area contributed by atoms with Crippen molar-refractivity contribution in [3.63, 3.8) is 0 Å². The molecule has 0 aliphatic carbocycles. The average Bonchev–Trinajstić information content (AvgIpc) is 2.88. The Morgan fingerprint density at radius 2 is 1.05 bits per heavy atom. The number of hydrogen-bond acceptors (Lipinski definition) is 9. The lowest BCUT2D eigenvalue weighted by atomic mass is 10.1. The number of carbonyl (C=O) groups excluding carboxylic acids is 5. The summed E-state index contributed by atoms with van der Waals surface area (Å²) >= 11 is 0. The van der Waals surface area contributed by atoms with Gasteiger partial charge in [0.15, 0.2) is 0 Å². The van der Waals surface area contributed by atoms with Crippen molar-refractivity contribution < 1.29 is 24.0 Å². The molecule has 0 aromatic carbocycles. The van der Waals surface area contributed by atoms with E-state index < -0.39 is 5.91 Å². The number of hydrogen-bond donors (Lipinski definition) is 6. The molecule has 0 fully saturated rings. The molecule has 0 aliphatic heterocycles. The molecule has 0 unspecified atom stereocenters. The number of primary amides is 1. The second-order valence-electron chi connectivity index (χ2n) is 9.17. The van der Waals surface area contributed by atoms with Gasteiger partial charge in [0.25, 0.3) is 0 Å². The van der Waals surface area contributed by atoms with Crippen LogP contribution in [0, 0.1) is 0 Å². The molecule has 13 heteroatoms. The summed E-state index contributed by atoms with van der Waals surface area (Å²) in [4.78, 5) is 63.2. The van der Waals surface area contributed by atoms with E-state index in [0.717, 1.165) is 6.42 Å². The maximum Gasteiger partial charge on any atom is 0.221 e. The van der Waals surface area contributed by atoms with Gasteiger partial charge in [-0.15, -0.1) is 0 Å². The highest BCUT2D eigenvalue weighted by Crippen LogP contribution is 2.00. The molecule has 0 aliphatic rings. The molecule has 220 valence electrons. The lowest BCUT2D eigenvalue weighted by Crippen LogP contribution is -2.40. The van der Waals surface area contributed by atoms with E-state index in [2.05, 4.69) is 16.0 Å². The first-order chi connectivity index (χ1) is 18.2. The predicted octanol–water partition coefficient (Wildman–Crippen LogP) is -1.95. The second kappa shape index (κ2) is 23.5. The average molecular weight is 543 g/mol. The number of nitrogens with two attached hydrogens (primary N) is 3. The maximum atomic E-state index is 12.4. The summed E-state index contributed by atoms with van der Waals surface area (Å²) in [6, 6.07) is 0. The Morgan fingerprint density at radius 3 is 1.53 bits per heavy atom. The van der Waals surface area contributed by atoms with Crippen LogP contribution in [0.15, 0.2) is 0 Å². The van der Waals surface area contributed by atoms with Crippen molar-refractivity contribution in [2.75, 3.05) is 72.0 Å². The van der Waals surface area contributed by atoms with E-state index in [4.69, 9.17) is 17.2 Å². The SMILES string of the molecule is CCCC(=O)NCCN(CCC(N)=O)CCC(=O)NCCN(CCC(=O)CCCN)CCC(=O)NCCN. The Hall–Kier alpha value is -2.61. The third-order valence-corrected chi connectivity index (χ3v) is 5.80. The van der Waals surface area contributed by atoms with E-state index in [9.17, 15) is 24.0 Å². The standard InChI is InChI=1S/C25H50N8O5/c1-2-4-23(36)30-13-20-33(16-7-22(28)35)18-9-25(38)31-14-19-32(15-6-21(34)5-3-10-26)17-8-24(37)29-12-11-27/h2-20,26-27H2,1H3,(H2,28,35)(H,29,37)(H,30,36)(H,31,38). The zero-order chi connectivity index (χ0) is 28.6. The summed E-state index contributed by atoms with van der Waals surface area (Å²) < 4.78 is 0. The van der Waals surface area contributed by atoms with Crippen LogP contribution in [0.5, 0.6) is 0 Å². The molecule has 0 bridgehead atoms. The number of nitrogens with one attached hydrogen (secondary N) is 3. The minimum atomic E-state index is -0.423. The van der Waals surface area contributed by atoms with Gasteiger partial charge in [-0.25, -0.2) is 0 Å². The van der Waals surface area contributed by atoms with Crippen molar-refractivity contribution in [1.29, 1.82) is 0 Å². The van der Waals surface area contributed by atoms with Crippen LogP contribution >= 0.6 is 0 Å². The molecule has 38 heavy (non-hydrogen) atoms. The first kappa shape index (κ1) is 35.4. The van der Waals surface area contributed by atoms with Crippen molar-refractivity contribution >= 4 is 29.4 Å². The van der Waals surface area contributed by atoms with Crippen molar-refractivity contribution in [3.8, 4) is 0 Å². The van der Waals surface area contributed by atoms with E-state index >= 15 is 0 Å².